The van der Waals surface area contributed by atoms with Gasteiger partial charge in [-0.2, -0.15) is 0 Å². The maximum absolute atomic E-state index is 13.1. The topological polar surface area (TPSA) is 65.5 Å². The first-order valence-corrected chi connectivity index (χ1v) is 8.83. The van der Waals surface area contributed by atoms with Gasteiger partial charge >= 0.3 is 6.03 Å². The van der Waals surface area contributed by atoms with E-state index in [1.165, 1.54) is 4.90 Å². The van der Waals surface area contributed by atoms with Gasteiger partial charge in [0.1, 0.15) is 5.54 Å². The first-order valence-electron chi connectivity index (χ1n) is 8.45. The SMILES string of the molecule is CN(C)c1ccncc1N1C(=O)NC2(CC(c3ccccc3Cl)C2)C1=O. The van der Waals surface area contributed by atoms with Crippen molar-refractivity contribution in [2.24, 2.45) is 0 Å². The van der Waals surface area contributed by atoms with Gasteiger partial charge in [0.2, 0.25) is 0 Å². The molecule has 0 radical (unpaired) electrons. The number of pyridine rings is 1. The third-order valence-corrected chi connectivity index (χ3v) is 5.54. The summed E-state index contributed by atoms with van der Waals surface area (Å²) in [7, 11) is 3.73. The molecular weight excluding hydrogens is 352 g/mol. The van der Waals surface area contributed by atoms with Gasteiger partial charge in [0.15, 0.2) is 0 Å². The van der Waals surface area contributed by atoms with Gasteiger partial charge in [0.25, 0.3) is 5.91 Å². The number of hydrogen-bond donors (Lipinski definition) is 1. The third kappa shape index (κ3) is 2.44. The molecule has 2 aliphatic rings. The summed E-state index contributed by atoms with van der Waals surface area (Å²) in [5.41, 5.74) is 1.44. The molecule has 0 atom stereocenters. The number of hydrogen-bond acceptors (Lipinski definition) is 4. The first kappa shape index (κ1) is 16.8. The molecule has 0 bridgehead atoms. The highest BCUT2D eigenvalue weighted by atomic mass is 35.5. The average molecular weight is 371 g/mol. The van der Waals surface area contributed by atoms with Crippen LogP contribution in [0.25, 0.3) is 0 Å². The number of amides is 3. The van der Waals surface area contributed by atoms with Gasteiger partial charge in [0, 0.05) is 25.3 Å². The Morgan fingerprint density at radius 3 is 2.65 bits per heavy atom. The summed E-state index contributed by atoms with van der Waals surface area (Å²) in [6.07, 6.45) is 4.30. The molecule has 1 N–H and O–H groups in total. The number of carbonyl (C=O) groups excluding carboxylic acids is 2. The third-order valence-electron chi connectivity index (χ3n) is 5.20. The molecule has 1 aliphatic carbocycles. The van der Waals surface area contributed by atoms with Crippen molar-refractivity contribution >= 4 is 34.9 Å². The Hall–Kier alpha value is -2.60. The van der Waals surface area contributed by atoms with Crippen molar-refractivity contribution in [3.05, 3.63) is 53.3 Å². The molecule has 1 aromatic carbocycles. The number of carbonyl (C=O) groups is 2. The van der Waals surface area contributed by atoms with Crippen LogP contribution in [0.3, 0.4) is 0 Å². The molecule has 134 valence electrons. The van der Waals surface area contributed by atoms with Gasteiger partial charge in [-0.3, -0.25) is 9.78 Å². The van der Waals surface area contributed by atoms with E-state index in [9.17, 15) is 9.59 Å². The van der Waals surface area contributed by atoms with Gasteiger partial charge in [-0.05, 0) is 36.5 Å². The Bertz CT molecular complexity index is 893. The number of nitrogens with zero attached hydrogens (tertiary/aromatic N) is 3. The molecule has 4 rings (SSSR count). The lowest BCUT2D eigenvalue weighted by atomic mass is 9.65. The van der Waals surface area contributed by atoms with E-state index in [-0.39, 0.29) is 11.8 Å². The predicted molar refractivity (Wildman–Crippen MR) is 101 cm³/mol. The number of aromatic nitrogens is 1. The van der Waals surface area contributed by atoms with E-state index < -0.39 is 11.6 Å². The first-order chi connectivity index (χ1) is 12.4. The van der Waals surface area contributed by atoms with Crippen LogP contribution in [0, 0.1) is 0 Å². The minimum atomic E-state index is -0.847. The molecule has 1 aliphatic heterocycles. The van der Waals surface area contributed by atoms with Crippen LogP contribution < -0.4 is 15.1 Å². The molecule has 2 fully saturated rings. The number of nitrogens with one attached hydrogen (secondary N) is 1. The number of urea groups is 1. The lowest BCUT2D eigenvalue weighted by Crippen LogP contribution is -2.56. The smallest absolute Gasteiger partial charge is 0.329 e. The van der Waals surface area contributed by atoms with E-state index in [0.717, 1.165) is 11.3 Å². The Kier molecular flexibility index (Phi) is 3.88. The van der Waals surface area contributed by atoms with E-state index in [1.807, 2.05) is 43.3 Å². The van der Waals surface area contributed by atoms with Crippen LogP contribution >= 0.6 is 11.6 Å². The van der Waals surface area contributed by atoms with Crippen molar-refractivity contribution in [3.63, 3.8) is 0 Å². The second-order valence-electron chi connectivity index (χ2n) is 7.04. The Labute approximate surface area is 156 Å². The second kappa shape index (κ2) is 5.99. The van der Waals surface area contributed by atoms with E-state index in [0.29, 0.717) is 23.6 Å². The van der Waals surface area contributed by atoms with Crippen LogP contribution in [-0.4, -0.2) is 36.6 Å². The molecule has 7 heteroatoms. The lowest BCUT2D eigenvalue weighted by molar-refractivity contribution is -0.125. The molecule has 26 heavy (non-hydrogen) atoms. The zero-order valence-electron chi connectivity index (χ0n) is 14.6. The molecule has 1 saturated heterocycles. The zero-order chi connectivity index (χ0) is 18.5. The molecule has 0 unspecified atom stereocenters. The van der Waals surface area contributed by atoms with Crippen LogP contribution in [0.2, 0.25) is 5.02 Å². The lowest BCUT2D eigenvalue weighted by Gasteiger charge is -2.43. The summed E-state index contributed by atoms with van der Waals surface area (Å²) in [5.74, 6) is -0.0583. The Morgan fingerprint density at radius 2 is 1.96 bits per heavy atom. The molecule has 1 aromatic heterocycles. The van der Waals surface area contributed by atoms with Crippen molar-refractivity contribution < 1.29 is 9.59 Å². The van der Waals surface area contributed by atoms with Crippen molar-refractivity contribution in [2.45, 2.75) is 24.3 Å². The molecule has 1 spiro atoms. The van der Waals surface area contributed by atoms with Crippen molar-refractivity contribution in [2.75, 3.05) is 23.9 Å². The quantitative estimate of drug-likeness (QED) is 0.843. The summed E-state index contributed by atoms with van der Waals surface area (Å²) in [4.78, 5) is 32.9. The maximum atomic E-state index is 13.1. The van der Waals surface area contributed by atoms with Crippen molar-refractivity contribution in [1.29, 1.82) is 0 Å². The van der Waals surface area contributed by atoms with E-state index in [4.69, 9.17) is 11.6 Å². The standard InChI is InChI=1S/C19H19ClN4O2/c1-23(2)15-7-8-21-11-16(15)24-17(25)19(22-18(24)26)9-12(10-19)13-5-3-4-6-14(13)20/h3-8,11-12H,9-10H2,1-2H3,(H,22,26). The summed E-state index contributed by atoms with van der Waals surface area (Å²) in [6.45, 7) is 0. The van der Waals surface area contributed by atoms with Crippen LogP contribution in [0.4, 0.5) is 16.2 Å². The van der Waals surface area contributed by atoms with Crippen LogP contribution in [0.1, 0.15) is 24.3 Å². The summed E-state index contributed by atoms with van der Waals surface area (Å²) in [5, 5.41) is 3.60. The minimum Gasteiger partial charge on any atom is -0.376 e. The number of halogens is 1. The van der Waals surface area contributed by atoms with Gasteiger partial charge < -0.3 is 10.2 Å². The van der Waals surface area contributed by atoms with Crippen molar-refractivity contribution in [3.8, 4) is 0 Å². The Balaban J connectivity index is 1.61. The largest absolute Gasteiger partial charge is 0.376 e. The fourth-order valence-electron chi connectivity index (χ4n) is 3.85. The fourth-order valence-corrected chi connectivity index (χ4v) is 4.14. The molecular formula is C19H19ClN4O2. The summed E-state index contributed by atoms with van der Waals surface area (Å²) in [6, 6.07) is 9.03. The number of anilines is 2. The van der Waals surface area contributed by atoms with E-state index in [1.54, 1.807) is 18.5 Å². The van der Waals surface area contributed by atoms with Gasteiger partial charge in [-0.15, -0.1) is 0 Å². The molecule has 6 nitrogen and oxygen atoms in total. The van der Waals surface area contributed by atoms with Gasteiger partial charge in [-0.25, -0.2) is 9.69 Å². The normalized spacial score (nSPS) is 24.6. The fraction of sp³-hybridized carbons (Fsp3) is 0.316. The highest BCUT2D eigenvalue weighted by Gasteiger charge is 2.59. The van der Waals surface area contributed by atoms with Crippen LogP contribution in [0.15, 0.2) is 42.7 Å². The van der Waals surface area contributed by atoms with Crippen LogP contribution in [0.5, 0.6) is 0 Å². The summed E-state index contributed by atoms with van der Waals surface area (Å²) < 4.78 is 0. The maximum Gasteiger partial charge on any atom is 0.329 e. The van der Waals surface area contributed by atoms with Gasteiger partial charge in [-0.1, -0.05) is 29.8 Å². The molecule has 2 aromatic rings. The highest BCUT2D eigenvalue weighted by Crippen LogP contribution is 2.50. The molecule has 3 amide bonds. The summed E-state index contributed by atoms with van der Waals surface area (Å²) >= 11 is 6.28. The van der Waals surface area contributed by atoms with E-state index in [2.05, 4.69) is 10.3 Å². The van der Waals surface area contributed by atoms with Crippen molar-refractivity contribution in [1.82, 2.24) is 10.3 Å². The highest BCUT2D eigenvalue weighted by molar-refractivity contribution is 6.31. The van der Waals surface area contributed by atoms with E-state index >= 15 is 0 Å². The Morgan fingerprint density at radius 1 is 1.23 bits per heavy atom. The predicted octanol–water partition coefficient (Wildman–Crippen LogP) is 3.17. The molecule has 2 heterocycles. The van der Waals surface area contributed by atoms with Gasteiger partial charge in [0.05, 0.1) is 17.6 Å². The van der Waals surface area contributed by atoms with Crippen LogP contribution in [-0.2, 0) is 4.79 Å². The zero-order valence-corrected chi connectivity index (χ0v) is 15.3. The number of rotatable bonds is 3. The average Bonchev–Trinajstić information content (AvgIpc) is 2.85. The monoisotopic (exact) mass is 370 g/mol. The second-order valence-corrected chi connectivity index (χ2v) is 7.45. The number of benzene rings is 1. The number of imide groups is 1. The minimum absolute atomic E-state index is 0.162. The molecule has 1 saturated carbocycles.